The maximum atomic E-state index is 14.5. The summed E-state index contributed by atoms with van der Waals surface area (Å²) in [7, 11) is 0. The molecule has 2 aliphatic carbocycles. The van der Waals surface area contributed by atoms with Crippen molar-refractivity contribution in [2.45, 2.75) is 62.2 Å². The third-order valence-electron chi connectivity index (χ3n) is 10.6. The van der Waals surface area contributed by atoms with Gasteiger partial charge >= 0.3 is 6.01 Å². The molecule has 10 heteroatoms. The quantitative estimate of drug-likeness (QED) is 0.372. The predicted octanol–water partition coefficient (Wildman–Crippen LogP) is 4.42. The molecule has 226 valence electrons. The number of amides is 1. The Kier molecular flexibility index (Phi) is 6.56. The van der Waals surface area contributed by atoms with E-state index in [1.807, 2.05) is 6.07 Å². The minimum absolute atomic E-state index is 0.177. The molecule has 0 bridgehead atoms. The van der Waals surface area contributed by atoms with Crippen molar-refractivity contribution in [3.05, 3.63) is 54.1 Å². The first kappa shape index (κ1) is 27.4. The summed E-state index contributed by atoms with van der Waals surface area (Å²) in [5.41, 5.74) is 5.13. The van der Waals surface area contributed by atoms with Crippen molar-refractivity contribution in [2.75, 3.05) is 44.2 Å². The predicted molar refractivity (Wildman–Crippen MR) is 164 cm³/mol. The summed E-state index contributed by atoms with van der Waals surface area (Å²) >= 11 is 0. The number of aromatic nitrogens is 3. The van der Waals surface area contributed by atoms with Crippen LogP contribution in [0.3, 0.4) is 0 Å². The third-order valence-corrected chi connectivity index (χ3v) is 10.6. The topological polar surface area (TPSA) is 98.5 Å². The van der Waals surface area contributed by atoms with E-state index in [1.54, 1.807) is 4.90 Å². The highest BCUT2D eigenvalue weighted by molar-refractivity contribution is 5.90. The lowest BCUT2D eigenvalue weighted by Crippen LogP contribution is -2.55. The van der Waals surface area contributed by atoms with E-state index in [1.165, 1.54) is 29.2 Å². The Morgan fingerprint density at radius 2 is 2.09 bits per heavy atom. The second-order valence-electron chi connectivity index (χ2n) is 13.1. The van der Waals surface area contributed by atoms with E-state index in [0.29, 0.717) is 56.6 Å². The van der Waals surface area contributed by atoms with Crippen LogP contribution in [0.5, 0.6) is 6.01 Å². The molecule has 0 radical (unpaired) electrons. The number of carbonyl (C=O) groups is 1. The Bertz CT molecular complexity index is 1710. The van der Waals surface area contributed by atoms with Gasteiger partial charge in [0.15, 0.2) is 5.65 Å². The molecule has 0 spiro atoms. The Morgan fingerprint density at radius 3 is 2.95 bits per heavy atom. The zero-order valence-corrected chi connectivity index (χ0v) is 24.8. The van der Waals surface area contributed by atoms with Crippen LogP contribution in [0, 0.1) is 17.2 Å². The maximum absolute atomic E-state index is 14.5. The molecule has 8 rings (SSSR count). The SMILES string of the molecule is C=CC(=O)N1CCN(c2nc(OCC34CCCN3C[C@H](F)C4)nc3nc(-c4cccc5c4C4CC4C5)ccc23)C[C@@H]1CC#N. The van der Waals surface area contributed by atoms with E-state index in [4.69, 9.17) is 19.7 Å². The van der Waals surface area contributed by atoms with Gasteiger partial charge in [-0.3, -0.25) is 9.69 Å². The van der Waals surface area contributed by atoms with Gasteiger partial charge < -0.3 is 14.5 Å². The van der Waals surface area contributed by atoms with Gasteiger partial charge in [-0.05, 0) is 73.4 Å². The third kappa shape index (κ3) is 4.52. The maximum Gasteiger partial charge on any atom is 0.320 e. The lowest BCUT2D eigenvalue weighted by molar-refractivity contribution is -0.128. The van der Waals surface area contributed by atoms with E-state index >= 15 is 0 Å². The fourth-order valence-electron chi connectivity index (χ4n) is 8.37. The molecular formula is C34H36FN7O2. The first-order chi connectivity index (χ1) is 21.5. The van der Waals surface area contributed by atoms with Gasteiger partial charge in [-0.25, -0.2) is 9.37 Å². The average Bonchev–Trinajstić information content (AvgIpc) is 3.36. The first-order valence-corrected chi connectivity index (χ1v) is 15.8. The first-order valence-electron chi connectivity index (χ1n) is 15.8. The highest BCUT2D eigenvalue weighted by Crippen LogP contribution is 2.58. The zero-order chi connectivity index (χ0) is 30.0. The van der Waals surface area contributed by atoms with Crippen LogP contribution in [0.4, 0.5) is 10.2 Å². The van der Waals surface area contributed by atoms with Crippen molar-refractivity contribution in [2.24, 2.45) is 5.92 Å². The number of nitriles is 1. The Morgan fingerprint density at radius 1 is 1.18 bits per heavy atom. The Hall–Kier alpha value is -4.10. The molecule has 5 atom stereocenters. The molecule has 44 heavy (non-hydrogen) atoms. The van der Waals surface area contributed by atoms with Gasteiger partial charge in [0.25, 0.3) is 0 Å². The number of nitrogens with zero attached hydrogens (tertiary/aromatic N) is 7. The number of hydrogen-bond donors (Lipinski definition) is 0. The number of rotatable bonds is 7. The highest BCUT2D eigenvalue weighted by atomic mass is 19.1. The number of fused-ring (bicyclic) bond motifs is 5. The normalized spacial score (nSPS) is 28.8. The van der Waals surface area contributed by atoms with Crippen LogP contribution in [-0.2, 0) is 11.2 Å². The second-order valence-corrected chi connectivity index (χ2v) is 13.1. The molecule has 3 unspecified atom stereocenters. The van der Waals surface area contributed by atoms with Gasteiger partial charge in [-0.2, -0.15) is 15.2 Å². The van der Waals surface area contributed by atoms with Crippen molar-refractivity contribution < 1.29 is 13.9 Å². The molecule has 4 fully saturated rings. The van der Waals surface area contributed by atoms with Crippen LogP contribution in [0.25, 0.3) is 22.3 Å². The zero-order valence-electron chi connectivity index (χ0n) is 24.8. The second kappa shape index (κ2) is 10.5. The number of benzene rings is 1. The number of hydrogen-bond acceptors (Lipinski definition) is 8. The van der Waals surface area contributed by atoms with E-state index in [-0.39, 0.29) is 29.9 Å². The van der Waals surface area contributed by atoms with Gasteiger partial charge in [0.2, 0.25) is 5.91 Å². The van der Waals surface area contributed by atoms with Crippen LogP contribution in [0.1, 0.15) is 49.1 Å². The number of carbonyl (C=O) groups excluding carboxylic acids is 1. The van der Waals surface area contributed by atoms with Gasteiger partial charge in [0.1, 0.15) is 18.6 Å². The number of pyridine rings is 1. The van der Waals surface area contributed by atoms with Crippen LogP contribution in [0.15, 0.2) is 43.0 Å². The number of piperazine rings is 1. The van der Waals surface area contributed by atoms with Gasteiger partial charge in [0.05, 0.1) is 35.2 Å². The summed E-state index contributed by atoms with van der Waals surface area (Å²) in [6.07, 6.45) is 5.45. The highest BCUT2D eigenvalue weighted by Gasteiger charge is 2.49. The van der Waals surface area contributed by atoms with Crippen LogP contribution < -0.4 is 9.64 Å². The number of anilines is 1. The van der Waals surface area contributed by atoms with Crippen molar-refractivity contribution in [3.63, 3.8) is 0 Å². The Balaban J connectivity index is 1.17. The smallest absolute Gasteiger partial charge is 0.320 e. The molecule has 0 N–H and O–H groups in total. The number of ether oxygens (including phenoxy) is 1. The monoisotopic (exact) mass is 593 g/mol. The van der Waals surface area contributed by atoms with Gasteiger partial charge in [-0.1, -0.05) is 24.8 Å². The summed E-state index contributed by atoms with van der Waals surface area (Å²) in [6, 6.07) is 12.8. The van der Waals surface area contributed by atoms with Gasteiger partial charge in [-0.15, -0.1) is 0 Å². The van der Waals surface area contributed by atoms with Crippen LogP contribution in [0.2, 0.25) is 0 Å². The lowest BCUT2D eigenvalue weighted by Gasteiger charge is -2.41. The van der Waals surface area contributed by atoms with Crippen molar-refractivity contribution >= 4 is 22.8 Å². The molecule has 5 aliphatic rings. The van der Waals surface area contributed by atoms with E-state index < -0.39 is 6.17 Å². The molecule has 9 nitrogen and oxygen atoms in total. The summed E-state index contributed by atoms with van der Waals surface area (Å²) in [6.45, 7) is 6.72. The number of halogens is 1. The summed E-state index contributed by atoms with van der Waals surface area (Å²) in [5, 5.41) is 10.3. The minimum atomic E-state index is -0.846. The van der Waals surface area contributed by atoms with Crippen molar-refractivity contribution in [1.82, 2.24) is 24.8 Å². The summed E-state index contributed by atoms with van der Waals surface area (Å²) < 4.78 is 20.8. The van der Waals surface area contributed by atoms with E-state index in [9.17, 15) is 14.4 Å². The minimum Gasteiger partial charge on any atom is -0.461 e. The molecule has 3 aliphatic heterocycles. The molecule has 5 heterocycles. The molecule has 1 aromatic carbocycles. The average molecular weight is 594 g/mol. The molecule has 1 amide bonds. The fourth-order valence-corrected chi connectivity index (χ4v) is 8.37. The Labute approximate surface area is 256 Å². The van der Waals surface area contributed by atoms with Crippen LogP contribution >= 0.6 is 0 Å². The summed E-state index contributed by atoms with van der Waals surface area (Å²) in [5.74, 6) is 1.89. The van der Waals surface area contributed by atoms with Crippen molar-refractivity contribution in [3.8, 4) is 23.3 Å². The lowest BCUT2D eigenvalue weighted by atomic mass is 9.95. The molecular weight excluding hydrogens is 557 g/mol. The number of alkyl halides is 1. The molecule has 1 saturated carbocycles. The van der Waals surface area contributed by atoms with E-state index in [2.05, 4.69) is 46.7 Å². The standard InChI is InChI=1S/C34H36FN7O2/c1-2-29(43)42-14-13-40(19-24(42)9-11-36)32-26-7-8-28(25-6-3-5-21-15-22-16-27(22)30(21)25)37-31(26)38-33(39-32)44-20-34-10-4-12-41(34)18-23(35)17-34/h2-3,5-8,22-24,27H,1,4,9-10,12-20H2/t22?,23-,24+,27?,34?/m1/s1. The van der Waals surface area contributed by atoms with Crippen LogP contribution in [-0.4, -0.2) is 87.7 Å². The van der Waals surface area contributed by atoms with Gasteiger partial charge in [0, 0.05) is 38.2 Å². The van der Waals surface area contributed by atoms with Crippen molar-refractivity contribution in [1.29, 1.82) is 5.26 Å². The fraction of sp³-hybridized carbons (Fsp3) is 0.500. The summed E-state index contributed by atoms with van der Waals surface area (Å²) in [4.78, 5) is 33.4. The molecule has 2 aromatic heterocycles. The molecule has 3 aromatic rings. The van der Waals surface area contributed by atoms with E-state index in [0.717, 1.165) is 42.8 Å². The molecule has 3 saturated heterocycles. The largest absolute Gasteiger partial charge is 0.461 e.